The SMILES string of the molecule is COc1ccc(-c2cn(C(=O)Oc3ccccc3)cn2)cc1C. The van der Waals surface area contributed by atoms with Crippen LogP contribution in [0.2, 0.25) is 0 Å². The molecule has 0 bridgehead atoms. The first-order valence-electron chi connectivity index (χ1n) is 7.13. The second-order valence-electron chi connectivity index (χ2n) is 5.03. The zero-order valence-electron chi connectivity index (χ0n) is 12.9. The molecule has 0 unspecified atom stereocenters. The van der Waals surface area contributed by atoms with Crippen molar-refractivity contribution in [3.05, 3.63) is 66.6 Å². The maximum absolute atomic E-state index is 12.1. The standard InChI is InChI=1S/C18H16N2O3/c1-13-10-14(8-9-17(13)22-2)16-11-20(12-19-16)18(21)23-15-6-4-3-5-7-15/h3-12H,1-2H3. The minimum atomic E-state index is -0.500. The van der Waals surface area contributed by atoms with Crippen molar-refractivity contribution in [2.24, 2.45) is 0 Å². The average molecular weight is 308 g/mol. The molecule has 0 saturated heterocycles. The summed E-state index contributed by atoms with van der Waals surface area (Å²) in [5.41, 5.74) is 2.61. The van der Waals surface area contributed by atoms with E-state index in [1.54, 1.807) is 25.4 Å². The summed E-state index contributed by atoms with van der Waals surface area (Å²) in [7, 11) is 1.64. The molecule has 3 aromatic rings. The molecule has 0 amide bonds. The van der Waals surface area contributed by atoms with Gasteiger partial charge in [-0.2, -0.15) is 0 Å². The summed E-state index contributed by atoms with van der Waals surface area (Å²) in [5.74, 6) is 1.31. The lowest BCUT2D eigenvalue weighted by atomic mass is 10.1. The number of nitrogens with zero attached hydrogens (tertiary/aromatic N) is 2. The highest BCUT2D eigenvalue weighted by atomic mass is 16.6. The molecule has 1 heterocycles. The Labute approximate surface area is 134 Å². The summed E-state index contributed by atoms with van der Waals surface area (Å²) in [6, 6.07) is 14.7. The topological polar surface area (TPSA) is 53.4 Å². The maximum Gasteiger partial charge on any atom is 0.424 e. The van der Waals surface area contributed by atoms with Crippen LogP contribution in [-0.2, 0) is 0 Å². The van der Waals surface area contributed by atoms with Gasteiger partial charge in [-0.05, 0) is 42.8 Å². The molecule has 1 aromatic heterocycles. The molecular formula is C18H16N2O3. The number of hydrogen-bond acceptors (Lipinski definition) is 4. The van der Waals surface area contributed by atoms with E-state index in [9.17, 15) is 4.79 Å². The molecule has 0 saturated carbocycles. The number of hydrogen-bond donors (Lipinski definition) is 0. The van der Waals surface area contributed by atoms with Crippen molar-refractivity contribution in [1.29, 1.82) is 0 Å². The van der Waals surface area contributed by atoms with Gasteiger partial charge in [0.05, 0.1) is 12.8 Å². The first-order valence-corrected chi connectivity index (χ1v) is 7.13. The lowest BCUT2D eigenvalue weighted by Gasteiger charge is -2.05. The van der Waals surface area contributed by atoms with Crippen LogP contribution in [0.3, 0.4) is 0 Å². The van der Waals surface area contributed by atoms with Gasteiger partial charge in [0.2, 0.25) is 0 Å². The fourth-order valence-corrected chi connectivity index (χ4v) is 2.25. The average Bonchev–Trinajstić information content (AvgIpc) is 3.06. The number of para-hydroxylation sites is 1. The lowest BCUT2D eigenvalue weighted by Crippen LogP contribution is -2.14. The Morgan fingerprint density at radius 3 is 2.61 bits per heavy atom. The molecule has 0 radical (unpaired) electrons. The zero-order chi connectivity index (χ0) is 16.2. The van der Waals surface area contributed by atoms with Crippen molar-refractivity contribution in [1.82, 2.24) is 9.55 Å². The monoisotopic (exact) mass is 308 g/mol. The van der Waals surface area contributed by atoms with Gasteiger partial charge >= 0.3 is 6.09 Å². The molecule has 5 heteroatoms. The molecule has 0 aliphatic carbocycles. The number of benzene rings is 2. The van der Waals surface area contributed by atoms with Crippen molar-refractivity contribution in [3.8, 4) is 22.8 Å². The number of ether oxygens (including phenoxy) is 2. The Bertz CT molecular complexity index is 825. The van der Waals surface area contributed by atoms with Gasteiger partial charge in [-0.1, -0.05) is 18.2 Å². The van der Waals surface area contributed by atoms with Crippen LogP contribution in [0.4, 0.5) is 4.79 Å². The van der Waals surface area contributed by atoms with Crippen LogP contribution >= 0.6 is 0 Å². The molecule has 0 aliphatic rings. The molecule has 0 fully saturated rings. The van der Waals surface area contributed by atoms with E-state index >= 15 is 0 Å². The zero-order valence-corrected chi connectivity index (χ0v) is 12.9. The molecule has 0 N–H and O–H groups in total. The summed E-state index contributed by atoms with van der Waals surface area (Å²) in [4.78, 5) is 16.4. The molecule has 0 atom stereocenters. The van der Waals surface area contributed by atoms with Crippen LogP contribution in [-0.4, -0.2) is 22.8 Å². The molecule has 23 heavy (non-hydrogen) atoms. The Balaban J connectivity index is 1.80. The van der Waals surface area contributed by atoms with Crippen molar-refractivity contribution < 1.29 is 14.3 Å². The Hall–Kier alpha value is -3.08. The third kappa shape index (κ3) is 3.23. The fourth-order valence-electron chi connectivity index (χ4n) is 2.25. The van der Waals surface area contributed by atoms with Gasteiger partial charge in [0.1, 0.15) is 17.8 Å². The number of aryl methyl sites for hydroxylation is 1. The normalized spacial score (nSPS) is 10.3. The van der Waals surface area contributed by atoms with Gasteiger partial charge in [0.25, 0.3) is 0 Å². The number of rotatable bonds is 3. The fraction of sp³-hybridized carbons (Fsp3) is 0.111. The highest BCUT2D eigenvalue weighted by Crippen LogP contribution is 2.25. The predicted molar refractivity (Wildman–Crippen MR) is 86.8 cm³/mol. The van der Waals surface area contributed by atoms with E-state index < -0.39 is 6.09 Å². The van der Waals surface area contributed by atoms with Gasteiger partial charge in [-0.15, -0.1) is 0 Å². The van der Waals surface area contributed by atoms with Crippen LogP contribution in [0.25, 0.3) is 11.3 Å². The third-order valence-electron chi connectivity index (χ3n) is 3.43. The summed E-state index contributed by atoms with van der Waals surface area (Å²) in [5, 5.41) is 0. The van der Waals surface area contributed by atoms with Gasteiger partial charge in [-0.25, -0.2) is 14.3 Å². The number of carbonyl (C=O) groups is 1. The summed E-state index contributed by atoms with van der Waals surface area (Å²) < 4.78 is 11.8. The molecule has 0 aliphatic heterocycles. The first-order chi connectivity index (χ1) is 11.2. The minimum absolute atomic E-state index is 0.494. The Kier molecular flexibility index (Phi) is 4.10. The number of aromatic nitrogens is 2. The highest BCUT2D eigenvalue weighted by molar-refractivity contribution is 5.75. The summed E-state index contributed by atoms with van der Waals surface area (Å²) >= 11 is 0. The van der Waals surface area contributed by atoms with Crippen LogP contribution in [0.15, 0.2) is 61.1 Å². The van der Waals surface area contributed by atoms with Crippen LogP contribution < -0.4 is 9.47 Å². The Morgan fingerprint density at radius 2 is 1.91 bits per heavy atom. The van der Waals surface area contributed by atoms with Gasteiger partial charge in [0.15, 0.2) is 0 Å². The van der Waals surface area contributed by atoms with Gasteiger partial charge in [-0.3, -0.25) is 0 Å². The highest BCUT2D eigenvalue weighted by Gasteiger charge is 2.11. The minimum Gasteiger partial charge on any atom is -0.496 e. The number of carbonyl (C=O) groups excluding carboxylic acids is 1. The molecule has 3 rings (SSSR count). The lowest BCUT2D eigenvalue weighted by molar-refractivity contribution is 0.202. The maximum atomic E-state index is 12.1. The Morgan fingerprint density at radius 1 is 1.13 bits per heavy atom. The molecular weight excluding hydrogens is 292 g/mol. The van der Waals surface area contributed by atoms with Crippen LogP contribution in [0, 0.1) is 6.92 Å². The van der Waals surface area contributed by atoms with E-state index in [1.807, 2.05) is 43.3 Å². The summed E-state index contributed by atoms with van der Waals surface area (Å²) in [6.07, 6.45) is 2.59. The van der Waals surface area contributed by atoms with Crippen molar-refractivity contribution in [2.45, 2.75) is 6.92 Å². The van der Waals surface area contributed by atoms with E-state index in [0.29, 0.717) is 11.4 Å². The van der Waals surface area contributed by atoms with E-state index in [-0.39, 0.29) is 0 Å². The van der Waals surface area contributed by atoms with Crippen LogP contribution in [0.5, 0.6) is 11.5 Å². The van der Waals surface area contributed by atoms with Crippen molar-refractivity contribution in [2.75, 3.05) is 7.11 Å². The quantitative estimate of drug-likeness (QED) is 0.736. The van der Waals surface area contributed by atoms with Crippen molar-refractivity contribution >= 4 is 6.09 Å². The summed E-state index contributed by atoms with van der Waals surface area (Å²) in [6.45, 7) is 1.96. The second kappa shape index (κ2) is 6.36. The third-order valence-corrected chi connectivity index (χ3v) is 3.43. The molecule has 2 aromatic carbocycles. The van der Waals surface area contributed by atoms with Gasteiger partial charge in [0, 0.05) is 11.8 Å². The molecule has 5 nitrogen and oxygen atoms in total. The smallest absolute Gasteiger partial charge is 0.424 e. The molecule has 0 spiro atoms. The second-order valence-corrected chi connectivity index (χ2v) is 5.03. The van der Waals surface area contributed by atoms with E-state index in [4.69, 9.17) is 9.47 Å². The van der Waals surface area contributed by atoms with Crippen LogP contribution in [0.1, 0.15) is 5.56 Å². The molecule has 116 valence electrons. The van der Waals surface area contributed by atoms with Crippen molar-refractivity contribution in [3.63, 3.8) is 0 Å². The van der Waals surface area contributed by atoms with E-state index in [2.05, 4.69) is 4.98 Å². The number of imidazole rings is 1. The first kappa shape index (κ1) is 14.8. The van der Waals surface area contributed by atoms with E-state index in [0.717, 1.165) is 16.9 Å². The predicted octanol–water partition coefficient (Wildman–Crippen LogP) is 3.91. The number of methoxy groups -OCH3 is 1. The largest absolute Gasteiger partial charge is 0.496 e. The van der Waals surface area contributed by atoms with Gasteiger partial charge < -0.3 is 9.47 Å². The van der Waals surface area contributed by atoms with E-state index in [1.165, 1.54) is 10.9 Å².